The molecular formula is C30H59NO8P+. The molecule has 0 aliphatic rings. The number of phosphoric acid groups is 1. The van der Waals surface area contributed by atoms with Crippen molar-refractivity contribution in [3.63, 3.8) is 0 Å². The number of likely N-dealkylation sites (N-methyl/N-ethyl adjacent to an activating group) is 1. The van der Waals surface area contributed by atoms with Crippen molar-refractivity contribution < 1.29 is 42.1 Å². The Morgan fingerprint density at radius 2 is 1.27 bits per heavy atom. The molecule has 236 valence electrons. The van der Waals surface area contributed by atoms with Crippen LogP contribution in [-0.4, -0.2) is 74.9 Å². The van der Waals surface area contributed by atoms with Crippen LogP contribution in [0.2, 0.25) is 0 Å². The number of allylic oxidation sites excluding steroid dienone is 2. The van der Waals surface area contributed by atoms with Crippen molar-refractivity contribution in [2.24, 2.45) is 0 Å². The Balaban J connectivity index is 4.47. The van der Waals surface area contributed by atoms with E-state index in [1.165, 1.54) is 25.7 Å². The van der Waals surface area contributed by atoms with Crippen molar-refractivity contribution in [1.29, 1.82) is 0 Å². The van der Waals surface area contributed by atoms with Gasteiger partial charge in [0.05, 0.1) is 27.7 Å². The van der Waals surface area contributed by atoms with Crippen LogP contribution in [0.1, 0.15) is 117 Å². The molecule has 9 nitrogen and oxygen atoms in total. The lowest BCUT2D eigenvalue weighted by molar-refractivity contribution is -0.870. The summed E-state index contributed by atoms with van der Waals surface area (Å²) in [5.74, 6) is -0.833. The SMILES string of the molecule is CCCCC/C=C/CCCCCCCC(=O)O[C@H](COC(=O)CCCCCC)COP(=O)(O)OCC[N+](C)(C)C. The van der Waals surface area contributed by atoms with Gasteiger partial charge in [-0.05, 0) is 38.5 Å². The molecule has 10 heteroatoms. The van der Waals surface area contributed by atoms with Crippen molar-refractivity contribution in [2.75, 3.05) is 47.5 Å². The summed E-state index contributed by atoms with van der Waals surface area (Å²) in [6.45, 7) is 4.21. The molecule has 1 unspecified atom stereocenters. The predicted molar refractivity (Wildman–Crippen MR) is 160 cm³/mol. The minimum atomic E-state index is -4.34. The molecular weight excluding hydrogens is 533 g/mol. The van der Waals surface area contributed by atoms with E-state index in [-0.39, 0.29) is 32.0 Å². The molecule has 0 saturated heterocycles. The molecule has 0 amide bonds. The van der Waals surface area contributed by atoms with Gasteiger partial charge in [0.2, 0.25) is 0 Å². The monoisotopic (exact) mass is 592 g/mol. The zero-order valence-electron chi connectivity index (χ0n) is 26.1. The van der Waals surface area contributed by atoms with Gasteiger partial charge < -0.3 is 18.9 Å². The maximum Gasteiger partial charge on any atom is 0.472 e. The van der Waals surface area contributed by atoms with E-state index in [9.17, 15) is 19.0 Å². The van der Waals surface area contributed by atoms with Crippen LogP contribution in [0.25, 0.3) is 0 Å². The summed E-state index contributed by atoms with van der Waals surface area (Å²) >= 11 is 0. The minimum absolute atomic E-state index is 0.0315. The Bertz CT molecular complexity index is 723. The number of quaternary nitrogens is 1. The third kappa shape index (κ3) is 26.9. The van der Waals surface area contributed by atoms with Gasteiger partial charge in [-0.25, -0.2) is 4.57 Å². The maximum atomic E-state index is 12.4. The fraction of sp³-hybridized carbons (Fsp3) is 0.867. The highest BCUT2D eigenvalue weighted by Crippen LogP contribution is 2.43. The van der Waals surface area contributed by atoms with Crippen LogP contribution < -0.4 is 0 Å². The van der Waals surface area contributed by atoms with Crippen molar-refractivity contribution in [3.05, 3.63) is 12.2 Å². The molecule has 0 spiro atoms. The zero-order chi connectivity index (χ0) is 30.1. The summed E-state index contributed by atoms with van der Waals surface area (Å²) in [5, 5.41) is 0. The molecule has 0 bridgehead atoms. The highest BCUT2D eigenvalue weighted by Gasteiger charge is 2.27. The lowest BCUT2D eigenvalue weighted by atomic mass is 10.1. The minimum Gasteiger partial charge on any atom is -0.462 e. The van der Waals surface area contributed by atoms with Crippen LogP contribution in [-0.2, 0) is 32.7 Å². The second-order valence-electron chi connectivity index (χ2n) is 11.5. The first-order valence-electron chi connectivity index (χ1n) is 15.4. The van der Waals surface area contributed by atoms with Gasteiger partial charge in [-0.2, -0.15) is 0 Å². The number of unbranched alkanes of at least 4 members (excludes halogenated alkanes) is 11. The normalized spacial score (nSPS) is 14.2. The van der Waals surface area contributed by atoms with E-state index >= 15 is 0 Å². The molecule has 1 N–H and O–H groups in total. The molecule has 0 saturated carbocycles. The predicted octanol–water partition coefficient (Wildman–Crippen LogP) is 7.12. The van der Waals surface area contributed by atoms with Gasteiger partial charge in [-0.1, -0.05) is 77.4 Å². The second kappa shape index (κ2) is 24.4. The summed E-state index contributed by atoms with van der Waals surface area (Å²) in [7, 11) is 1.47. The van der Waals surface area contributed by atoms with Crippen molar-refractivity contribution >= 4 is 19.8 Å². The van der Waals surface area contributed by atoms with Gasteiger partial charge >= 0.3 is 19.8 Å². The smallest absolute Gasteiger partial charge is 0.462 e. The topological polar surface area (TPSA) is 108 Å². The number of hydrogen-bond donors (Lipinski definition) is 1. The number of esters is 2. The molecule has 0 aromatic carbocycles. The average molecular weight is 593 g/mol. The first kappa shape index (κ1) is 38.8. The van der Waals surface area contributed by atoms with E-state index in [0.717, 1.165) is 57.8 Å². The molecule has 0 aliphatic carbocycles. The van der Waals surface area contributed by atoms with Gasteiger partial charge in [0.1, 0.15) is 19.8 Å². The summed E-state index contributed by atoms with van der Waals surface area (Å²) in [6.07, 6.45) is 18.9. The van der Waals surface area contributed by atoms with Gasteiger partial charge in [0.25, 0.3) is 0 Å². The molecule has 0 aliphatic heterocycles. The van der Waals surface area contributed by atoms with Crippen molar-refractivity contribution in [3.8, 4) is 0 Å². The van der Waals surface area contributed by atoms with E-state index in [4.69, 9.17) is 18.5 Å². The fourth-order valence-electron chi connectivity index (χ4n) is 3.77. The van der Waals surface area contributed by atoms with Gasteiger partial charge in [0, 0.05) is 12.8 Å². The number of hydrogen-bond acceptors (Lipinski definition) is 7. The molecule has 2 atom stereocenters. The van der Waals surface area contributed by atoms with Crippen LogP contribution in [0.4, 0.5) is 0 Å². The van der Waals surface area contributed by atoms with E-state index < -0.39 is 26.5 Å². The van der Waals surface area contributed by atoms with E-state index in [2.05, 4.69) is 26.0 Å². The lowest BCUT2D eigenvalue weighted by Crippen LogP contribution is -2.37. The van der Waals surface area contributed by atoms with Crippen molar-refractivity contribution in [2.45, 2.75) is 123 Å². The highest BCUT2D eigenvalue weighted by atomic mass is 31.2. The quantitative estimate of drug-likeness (QED) is 0.0353. The second-order valence-corrected chi connectivity index (χ2v) is 12.9. The van der Waals surface area contributed by atoms with Crippen LogP contribution in [0.15, 0.2) is 12.2 Å². The van der Waals surface area contributed by atoms with Crippen LogP contribution in [0.3, 0.4) is 0 Å². The van der Waals surface area contributed by atoms with E-state index in [0.29, 0.717) is 17.4 Å². The van der Waals surface area contributed by atoms with Gasteiger partial charge in [0.15, 0.2) is 6.10 Å². The zero-order valence-corrected chi connectivity index (χ0v) is 27.0. The Morgan fingerprint density at radius 3 is 1.90 bits per heavy atom. The molecule has 0 radical (unpaired) electrons. The van der Waals surface area contributed by atoms with E-state index in [1.807, 2.05) is 21.1 Å². The molecule has 0 aromatic rings. The summed E-state index contributed by atoms with van der Waals surface area (Å²) in [4.78, 5) is 34.5. The molecule has 0 heterocycles. The molecule has 0 fully saturated rings. The molecule has 0 rings (SSSR count). The first-order chi connectivity index (χ1) is 19.0. The number of nitrogens with zero attached hydrogens (tertiary/aromatic N) is 1. The molecule has 0 aromatic heterocycles. The fourth-order valence-corrected chi connectivity index (χ4v) is 4.51. The van der Waals surface area contributed by atoms with Crippen LogP contribution in [0, 0.1) is 0 Å². The largest absolute Gasteiger partial charge is 0.472 e. The van der Waals surface area contributed by atoms with Gasteiger partial charge in [-0.3, -0.25) is 18.6 Å². The van der Waals surface area contributed by atoms with Gasteiger partial charge in [-0.15, -0.1) is 0 Å². The number of ether oxygens (including phenoxy) is 2. The maximum absolute atomic E-state index is 12.4. The molecule has 40 heavy (non-hydrogen) atoms. The van der Waals surface area contributed by atoms with Crippen LogP contribution in [0.5, 0.6) is 0 Å². The standard InChI is InChI=1S/C30H58NO8P/c1-6-8-10-12-13-14-15-16-17-18-19-21-23-30(33)39-28(26-36-29(32)22-20-11-9-7-2)27-38-40(34,35)37-25-24-31(3,4)5/h13-14,28H,6-12,15-27H2,1-5H3/p+1/b14-13+/t28-/m1/s1. The number of rotatable bonds is 27. The lowest BCUT2D eigenvalue weighted by Gasteiger charge is -2.24. The Labute approximate surface area is 244 Å². The number of carbonyl (C=O) groups is 2. The third-order valence-corrected chi connectivity index (χ3v) is 7.28. The average Bonchev–Trinajstić information content (AvgIpc) is 2.88. The van der Waals surface area contributed by atoms with Crippen LogP contribution >= 0.6 is 7.82 Å². The summed E-state index contributed by atoms with van der Waals surface area (Å²) < 4.78 is 33.7. The third-order valence-electron chi connectivity index (χ3n) is 6.30. The highest BCUT2D eigenvalue weighted by molar-refractivity contribution is 7.47. The number of carbonyl (C=O) groups excluding carboxylic acids is 2. The Morgan fingerprint density at radius 1 is 0.750 bits per heavy atom. The summed E-state index contributed by atoms with van der Waals surface area (Å²) in [5.41, 5.74) is 0. The first-order valence-corrected chi connectivity index (χ1v) is 16.9. The number of phosphoric ester groups is 1. The van der Waals surface area contributed by atoms with E-state index in [1.54, 1.807) is 0 Å². The Hall–Kier alpha value is -1.25. The van der Waals surface area contributed by atoms with Crippen molar-refractivity contribution in [1.82, 2.24) is 0 Å². The summed E-state index contributed by atoms with van der Waals surface area (Å²) in [6, 6.07) is 0. The Kier molecular flexibility index (Phi) is 23.6.